The van der Waals surface area contributed by atoms with E-state index in [9.17, 15) is 0 Å². The van der Waals surface area contributed by atoms with E-state index in [2.05, 4.69) is 48.4 Å². The quantitative estimate of drug-likeness (QED) is 0.709. The van der Waals surface area contributed by atoms with Crippen molar-refractivity contribution in [1.29, 1.82) is 0 Å². The number of oxazole rings is 1. The lowest BCUT2D eigenvalue weighted by Gasteiger charge is -2.22. The van der Waals surface area contributed by atoms with E-state index in [0.717, 1.165) is 11.3 Å². The van der Waals surface area contributed by atoms with Crippen LogP contribution < -0.4 is 5.32 Å². The Morgan fingerprint density at radius 3 is 2.26 bits per heavy atom. The molecule has 0 spiro atoms. The molecule has 0 bridgehead atoms. The van der Waals surface area contributed by atoms with Crippen molar-refractivity contribution >= 4 is 0 Å². The largest absolute Gasteiger partial charge is 0.439 e. The SMILES string of the molecule is CC(C)C(NCc1ncc(-c2ccccc2)o1)c1ccccc1. The minimum atomic E-state index is 0.281. The maximum atomic E-state index is 5.86. The van der Waals surface area contributed by atoms with Crippen LogP contribution in [-0.2, 0) is 6.54 Å². The van der Waals surface area contributed by atoms with Crippen molar-refractivity contribution in [3.8, 4) is 11.3 Å². The van der Waals surface area contributed by atoms with Crippen molar-refractivity contribution < 1.29 is 4.42 Å². The average Bonchev–Trinajstić information content (AvgIpc) is 3.05. The summed E-state index contributed by atoms with van der Waals surface area (Å²) >= 11 is 0. The summed E-state index contributed by atoms with van der Waals surface area (Å²) in [7, 11) is 0. The van der Waals surface area contributed by atoms with Crippen LogP contribution in [0.2, 0.25) is 0 Å². The standard InChI is InChI=1S/C20H22N2O/c1-15(2)20(17-11-7-4-8-12-17)22-14-19-21-13-18(23-19)16-9-5-3-6-10-16/h3-13,15,20,22H,14H2,1-2H3. The van der Waals surface area contributed by atoms with Crippen molar-refractivity contribution in [2.24, 2.45) is 5.92 Å². The number of nitrogens with one attached hydrogen (secondary N) is 1. The normalized spacial score (nSPS) is 12.5. The van der Waals surface area contributed by atoms with Crippen LogP contribution in [0.3, 0.4) is 0 Å². The van der Waals surface area contributed by atoms with Crippen molar-refractivity contribution in [1.82, 2.24) is 10.3 Å². The molecule has 23 heavy (non-hydrogen) atoms. The first kappa shape index (κ1) is 15.5. The first-order chi connectivity index (χ1) is 11.2. The monoisotopic (exact) mass is 306 g/mol. The zero-order valence-corrected chi connectivity index (χ0v) is 13.6. The van der Waals surface area contributed by atoms with Crippen LogP contribution in [0.25, 0.3) is 11.3 Å². The second-order valence-electron chi connectivity index (χ2n) is 6.00. The van der Waals surface area contributed by atoms with Crippen LogP contribution >= 0.6 is 0 Å². The van der Waals surface area contributed by atoms with E-state index >= 15 is 0 Å². The molecule has 0 saturated heterocycles. The third-order valence-electron chi connectivity index (χ3n) is 3.91. The molecule has 1 atom stereocenters. The van der Waals surface area contributed by atoms with E-state index in [1.54, 1.807) is 6.20 Å². The smallest absolute Gasteiger partial charge is 0.208 e. The fourth-order valence-corrected chi connectivity index (χ4v) is 2.72. The van der Waals surface area contributed by atoms with E-state index in [4.69, 9.17) is 4.42 Å². The highest BCUT2D eigenvalue weighted by Gasteiger charge is 2.16. The summed E-state index contributed by atoms with van der Waals surface area (Å²) in [5, 5.41) is 3.56. The fourth-order valence-electron chi connectivity index (χ4n) is 2.72. The fraction of sp³-hybridized carbons (Fsp3) is 0.250. The van der Waals surface area contributed by atoms with Gasteiger partial charge in [-0.2, -0.15) is 0 Å². The molecule has 0 radical (unpaired) electrons. The summed E-state index contributed by atoms with van der Waals surface area (Å²) in [5.41, 5.74) is 2.34. The first-order valence-corrected chi connectivity index (χ1v) is 8.02. The predicted molar refractivity (Wildman–Crippen MR) is 92.8 cm³/mol. The lowest BCUT2D eigenvalue weighted by Crippen LogP contribution is -2.25. The summed E-state index contributed by atoms with van der Waals surface area (Å²) in [6, 6.07) is 20.8. The van der Waals surface area contributed by atoms with Gasteiger partial charge < -0.3 is 9.73 Å². The summed E-state index contributed by atoms with van der Waals surface area (Å²) in [6.45, 7) is 5.05. The molecule has 0 aliphatic carbocycles. The predicted octanol–water partition coefficient (Wildman–Crippen LogP) is 4.83. The van der Waals surface area contributed by atoms with Crippen molar-refractivity contribution in [3.05, 3.63) is 78.3 Å². The number of rotatable bonds is 6. The summed E-state index contributed by atoms with van der Waals surface area (Å²) in [6.07, 6.45) is 1.79. The maximum Gasteiger partial charge on any atom is 0.208 e. The zero-order valence-electron chi connectivity index (χ0n) is 13.6. The Labute approximate surface area is 137 Å². The molecular weight excluding hydrogens is 284 g/mol. The van der Waals surface area contributed by atoms with Crippen LogP contribution in [0.1, 0.15) is 31.3 Å². The Bertz CT molecular complexity index is 720. The molecule has 0 saturated carbocycles. The number of nitrogens with zero attached hydrogens (tertiary/aromatic N) is 1. The molecule has 1 unspecified atom stereocenters. The van der Waals surface area contributed by atoms with E-state index in [0.29, 0.717) is 18.4 Å². The molecule has 0 aliphatic heterocycles. The number of hydrogen-bond donors (Lipinski definition) is 1. The number of benzene rings is 2. The third-order valence-corrected chi connectivity index (χ3v) is 3.91. The van der Waals surface area contributed by atoms with Crippen LogP contribution in [0.15, 0.2) is 71.3 Å². The molecule has 1 N–H and O–H groups in total. The number of aromatic nitrogens is 1. The molecule has 1 heterocycles. The summed E-state index contributed by atoms with van der Waals surface area (Å²) in [4.78, 5) is 4.39. The van der Waals surface area contributed by atoms with Gasteiger partial charge in [0.1, 0.15) is 0 Å². The zero-order chi connectivity index (χ0) is 16.1. The van der Waals surface area contributed by atoms with Crippen LogP contribution in [0.4, 0.5) is 0 Å². The third kappa shape index (κ3) is 3.88. The number of hydrogen-bond acceptors (Lipinski definition) is 3. The van der Waals surface area contributed by atoms with Gasteiger partial charge in [0.2, 0.25) is 5.89 Å². The molecule has 3 aromatic rings. The topological polar surface area (TPSA) is 38.1 Å². The second-order valence-corrected chi connectivity index (χ2v) is 6.00. The Morgan fingerprint density at radius 1 is 0.957 bits per heavy atom. The Morgan fingerprint density at radius 2 is 1.61 bits per heavy atom. The van der Waals surface area contributed by atoms with Gasteiger partial charge in [-0.1, -0.05) is 74.5 Å². The van der Waals surface area contributed by atoms with Crippen molar-refractivity contribution in [3.63, 3.8) is 0 Å². The van der Waals surface area contributed by atoms with Gasteiger partial charge in [0, 0.05) is 11.6 Å². The van der Waals surface area contributed by atoms with Crippen LogP contribution in [0.5, 0.6) is 0 Å². The van der Waals surface area contributed by atoms with E-state index in [-0.39, 0.29) is 6.04 Å². The Balaban J connectivity index is 1.69. The van der Waals surface area contributed by atoms with E-state index < -0.39 is 0 Å². The second kappa shape index (κ2) is 7.25. The molecular formula is C20H22N2O. The van der Waals surface area contributed by atoms with E-state index in [1.165, 1.54) is 5.56 Å². The molecule has 0 fully saturated rings. The van der Waals surface area contributed by atoms with Gasteiger partial charge in [0.25, 0.3) is 0 Å². The van der Waals surface area contributed by atoms with Gasteiger partial charge in [-0.05, 0) is 11.5 Å². The lowest BCUT2D eigenvalue weighted by atomic mass is 9.96. The summed E-state index contributed by atoms with van der Waals surface area (Å²) < 4.78 is 5.86. The minimum absolute atomic E-state index is 0.281. The molecule has 118 valence electrons. The molecule has 1 aromatic heterocycles. The van der Waals surface area contributed by atoms with Gasteiger partial charge >= 0.3 is 0 Å². The molecule has 3 rings (SSSR count). The maximum absolute atomic E-state index is 5.86. The molecule has 3 heteroatoms. The average molecular weight is 306 g/mol. The van der Waals surface area contributed by atoms with Crippen molar-refractivity contribution in [2.45, 2.75) is 26.4 Å². The highest BCUT2D eigenvalue weighted by molar-refractivity contribution is 5.55. The van der Waals surface area contributed by atoms with Gasteiger partial charge in [0.15, 0.2) is 5.76 Å². The van der Waals surface area contributed by atoms with Gasteiger partial charge in [-0.25, -0.2) is 4.98 Å². The molecule has 0 aliphatic rings. The highest BCUT2D eigenvalue weighted by Crippen LogP contribution is 2.23. The minimum Gasteiger partial charge on any atom is -0.439 e. The van der Waals surface area contributed by atoms with Gasteiger partial charge in [-0.15, -0.1) is 0 Å². The molecule has 2 aromatic carbocycles. The van der Waals surface area contributed by atoms with Gasteiger partial charge in [-0.3, -0.25) is 0 Å². The van der Waals surface area contributed by atoms with Gasteiger partial charge in [0.05, 0.1) is 12.7 Å². The highest BCUT2D eigenvalue weighted by atomic mass is 16.4. The molecule has 0 amide bonds. The molecule has 3 nitrogen and oxygen atoms in total. The van der Waals surface area contributed by atoms with Crippen LogP contribution in [0, 0.1) is 5.92 Å². The first-order valence-electron chi connectivity index (χ1n) is 8.02. The Hall–Kier alpha value is -2.39. The van der Waals surface area contributed by atoms with Crippen molar-refractivity contribution in [2.75, 3.05) is 0 Å². The lowest BCUT2D eigenvalue weighted by molar-refractivity contribution is 0.380. The van der Waals surface area contributed by atoms with Crippen LogP contribution in [-0.4, -0.2) is 4.98 Å². The summed E-state index contributed by atoms with van der Waals surface area (Å²) in [5.74, 6) is 2.01. The van der Waals surface area contributed by atoms with E-state index in [1.807, 2.05) is 36.4 Å². The Kier molecular flexibility index (Phi) is 4.89.